The molecule has 0 radical (unpaired) electrons. The molecule has 0 bridgehead atoms. The first-order valence-electron chi connectivity index (χ1n) is 8.82. The van der Waals surface area contributed by atoms with E-state index in [-0.39, 0.29) is 5.97 Å². The number of benzene rings is 3. The van der Waals surface area contributed by atoms with Gasteiger partial charge in [-0.1, -0.05) is 55.8 Å². The lowest BCUT2D eigenvalue weighted by Crippen LogP contribution is -2.08. The van der Waals surface area contributed by atoms with Crippen LogP contribution in [0.15, 0.2) is 78.9 Å². The number of esters is 1. The first kappa shape index (κ1) is 17.7. The van der Waals surface area contributed by atoms with Crippen LogP contribution >= 0.6 is 0 Å². The van der Waals surface area contributed by atoms with E-state index in [1.54, 1.807) is 24.3 Å². The second-order valence-corrected chi connectivity index (χ2v) is 6.08. The van der Waals surface area contributed by atoms with Crippen molar-refractivity contribution in [2.45, 2.75) is 26.4 Å². The monoisotopic (exact) mass is 346 g/mol. The van der Waals surface area contributed by atoms with Gasteiger partial charge < -0.3 is 9.47 Å². The third kappa shape index (κ3) is 4.96. The minimum absolute atomic E-state index is 0.372. The summed E-state index contributed by atoms with van der Waals surface area (Å²) in [5.74, 6) is 0.899. The molecule has 0 amide bonds. The van der Waals surface area contributed by atoms with Crippen LogP contribution < -0.4 is 9.47 Å². The normalized spacial score (nSPS) is 10.3. The molecule has 0 aliphatic rings. The molecule has 3 aromatic rings. The van der Waals surface area contributed by atoms with Crippen LogP contribution in [0.1, 0.15) is 34.8 Å². The molecule has 3 nitrogen and oxygen atoms in total. The van der Waals surface area contributed by atoms with Gasteiger partial charge in [-0.3, -0.25) is 0 Å². The van der Waals surface area contributed by atoms with Crippen LogP contribution in [0.5, 0.6) is 11.5 Å². The van der Waals surface area contributed by atoms with Crippen molar-refractivity contribution in [3.05, 3.63) is 95.6 Å². The lowest BCUT2D eigenvalue weighted by atomic mass is 10.1. The molecular weight excluding hydrogens is 324 g/mol. The fourth-order valence-corrected chi connectivity index (χ4v) is 2.61. The molecule has 0 spiro atoms. The molecule has 26 heavy (non-hydrogen) atoms. The minimum atomic E-state index is -0.372. The number of carbonyl (C=O) groups excluding carboxylic acids is 1. The lowest BCUT2D eigenvalue weighted by Gasteiger charge is -2.08. The standard InChI is InChI=1S/C23H22O3/c1-2-6-18-9-13-22(14-10-18)26-23(24)20-11-15-21(16-12-20)25-17-19-7-4-3-5-8-19/h3-5,7-16H,2,6,17H2,1H3. The first-order valence-corrected chi connectivity index (χ1v) is 8.82. The minimum Gasteiger partial charge on any atom is -0.489 e. The highest BCUT2D eigenvalue weighted by molar-refractivity contribution is 5.91. The Kier molecular flexibility index (Phi) is 6.05. The molecule has 3 aromatic carbocycles. The van der Waals surface area contributed by atoms with E-state index in [0.29, 0.717) is 23.7 Å². The molecule has 0 aliphatic carbocycles. The zero-order valence-corrected chi connectivity index (χ0v) is 14.9. The summed E-state index contributed by atoms with van der Waals surface area (Å²) in [6.07, 6.45) is 2.12. The summed E-state index contributed by atoms with van der Waals surface area (Å²) in [5.41, 5.74) is 2.84. The topological polar surface area (TPSA) is 35.5 Å². The number of carbonyl (C=O) groups is 1. The van der Waals surface area contributed by atoms with Crippen LogP contribution in [0.2, 0.25) is 0 Å². The zero-order valence-electron chi connectivity index (χ0n) is 14.9. The van der Waals surface area contributed by atoms with Gasteiger partial charge in [0.2, 0.25) is 0 Å². The number of ether oxygens (including phenoxy) is 2. The van der Waals surface area contributed by atoms with Crippen LogP contribution in [0.25, 0.3) is 0 Å². The molecular formula is C23H22O3. The maximum Gasteiger partial charge on any atom is 0.343 e. The van der Waals surface area contributed by atoms with E-state index < -0.39 is 0 Å². The molecule has 3 rings (SSSR count). The van der Waals surface area contributed by atoms with Gasteiger partial charge in [0, 0.05) is 0 Å². The van der Waals surface area contributed by atoms with Gasteiger partial charge in [-0.05, 0) is 53.9 Å². The second-order valence-electron chi connectivity index (χ2n) is 6.08. The summed E-state index contributed by atoms with van der Waals surface area (Å²) < 4.78 is 11.2. The highest BCUT2D eigenvalue weighted by Gasteiger charge is 2.09. The van der Waals surface area contributed by atoms with Crippen molar-refractivity contribution in [3.63, 3.8) is 0 Å². The third-order valence-corrected chi connectivity index (χ3v) is 4.01. The maximum absolute atomic E-state index is 12.3. The van der Waals surface area contributed by atoms with Gasteiger partial charge in [0.05, 0.1) is 5.56 Å². The van der Waals surface area contributed by atoms with Crippen molar-refractivity contribution in [1.82, 2.24) is 0 Å². The number of rotatable bonds is 7. The molecule has 132 valence electrons. The zero-order chi connectivity index (χ0) is 18.2. The van der Waals surface area contributed by atoms with Gasteiger partial charge in [0.15, 0.2) is 0 Å². The van der Waals surface area contributed by atoms with Gasteiger partial charge in [-0.15, -0.1) is 0 Å². The van der Waals surface area contributed by atoms with Crippen LogP contribution in [-0.2, 0) is 13.0 Å². The molecule has 0 aliphatic heterocycles. The van der Waals surface area contributed by atoms with Gasteiger partial charge in [0.1, 0.15) is 18.1 Å². The van der Waals surface area contributed by atoms with Crippen LogP contribution in [-0.4, -0.2) is 5.97 Å². The van der Waals surface area contributed by atoms with Crippen molar-refractivity contribution in [2.24, 2.45) is 0 Å². The quantitative estimate of drug-likeness (QED) is 0.422. The Bertz CT molecular complexity index is 822. The van der Waals surface area contributed by atoms with Crippen molar-refractivity contribution < 1.29 is 14.3 Å². The van der Waals surface area contributed by atoms with E-state index in [0.717, 1.165) is 18.4 Å². The Morgan fingerprint density at radius 3 is 2.08 bits per heavy atom. The molecule has 0 unspecified atom stereocenters. The van der Waals surface area contributed by atoms with Crippen LogP contribution in [0, 0.1) is 0 Å². The van der Waals surface area contributed by atoms with Crippen molar-refractivity contribution in [1.29, 1.82) is 0 Å². The van der Waals surface area contributed by atoms with E-state index >= 15 is 0 Å². The van der Waals surface area contributed by atoms with E-state index in [2.05, 4.69) is 6.92 Å². The number of hydrogen-bond donors (Lipinski definition) is 0. The third-order valence-electron chi connectivity index (χ3n) is 4.01. The SMILES string of the molecule is CCCc1ccc(OC(=O)c2ccc(OCc3ccccc3)cc2)cc1. The Labute approximate surface area is 154 Å². The summed E-state index contributed by atoms with van der Waals surface area (Å²) in [7, 11) is 0. The number of hydrogen-bond acceptors (Lipinski definition) is 3. The van der Waals surface area contributed by atoms with Gasteiger partial charge in [-0.25, -0.2) is 4.79 Å². The van der Waals surface area contributed by atoms with Crippen LogP contribution in [0.3, 0.4) is 0 Å². The highest BCUT2D eigenvalue weighted by Crippen LogP contribution is 2.18. The summed E-state index contributed by atoms with van der Waals surface area (Å²) >= 11 is 0. The Balaban J connectivity index is 1.56. The Morgan fingerprint density at radius 1 is 0.769 bits per heavy atom. The smallest absolute Gasteiger partial charge is 0.343 e. The van der Waals surface area contributed by atoms with E-state index in [1.807, 2.05) is 54.6 Å². The van der Waals surface area contributed by atoms with E-state index in [1.165, 1.54) is 5.56 Å². The van der Waals surface area contributed by atoms with Gasteiger partial charge in [0.25, 0.3) is 0 Å². The van der Waals surface area contributed by atoms with Crippen LogP contribution in [0.4, 0.5) is 0 Å². The van der Waals surface area contributed by atoms with Crippen molar-refractivity contribution in [3.8, 4) is 11.5 Å². The summed E-state index contributed by atoms with van der Waals surface area (Å²) in [6.45, 7) is 2.63. The summed E-state index contributed by atoms with van der Waals surface area (Å²) in [4.78, 5) is 12.3. The van der Waals surface area contributed by atoms with Crippen molar-refractivity contribution >= 4 is 5.97 Å². The summed E-state index contributed by atoms with van der Waals surface area (Å²) in [6, 6.07) is 24.6. The molecule has 0 heterocycles. The fourth-order valence-electron chi connectivity index (χ4n) is 2.61. The van der Waals surface area contributed by atoms with E-state index in [4.69, 9.17) is 9.47 Å². The molecule has 0 fully saturated rings. The highest BCUT2D eigenvalue weighted by atomic mass is 16.5. The van der Waals surface area contributed by atoms with Gasteiger partial charge >= 0.3 is 5.97 Å². The molecule has 0 saturated heterocycles. The predicted octanol–water partition coefficient (Wildman–Crippen LogP) is 5.44. The maximum atomic E-state index is 12.3. The lowest BCUT2D eigenvalue weighted by molar-refractivity contribution is 0.0734. The molecule has 0 atom stereocenters. The summed E-state index contributed by atoms with van der Waals surface area (Å²) in [5, 5.41) is 0. The van der Waals surface area contributed by atoms with E-state index in [9.17, 15) is 4.79 Å². The molecule has 3 heteroatoms. The number of aryl methyl sites for hydroxylation is 1. The average molecular weight is 346 g/mol. The van der Waals surface area contributed by atoms with Gasteiger partial charge in [-0.2, -0.15) is 0 Å². The second kappa shape index (κ2) is 8.86. The fraction of sp³-hybridized carbons (Fsp3) is 0.174. The Morgan fingerprint density at radius 2 is 1.42 bits per heavy atom. The largest absolute Gasteiger partial charge is 0.489 e. The first-order chi connectivity index (χ1) is 12.7. The average Bonchev–Trinajstić information content (AvgIpc) is 2.69. The van der Waals surface area contributed by atoms with Crippen molar-refractivity contribution in [2.75, 3.05) is 0 Å². The predicted molar refractivity (Wildman–Crippen MR) is 103 cm³/mol. The molecule has 0 aromatic heterocycles. The Hall–Kier alpha value is -3.07. The molecule has 0 saturated carbocycles. The molecule has 0 N–H and O–H groups in total.